The Bertz CT molecular complexity index is 842. The van der Waals surface area contributed by atoms with Gasteiger partial charge in [0.25, 0.3) is 0 Å². The van der Waals surface area contributed by atoms with Crippen molar-refractivity contribution in [2.24, 2.45) is 0 Å². The third-order valence-electron chi connectivity index (χ3n) is 3.06. The van der Waals surface area contributed by atoms with E-state index in [9.17, 15) is 4.39 Å². The molecule has 0 saturated heterocycles. The van der Waals surface area contributed by atoms with Gasteiger partial charge in [-0.3, -0.25) is 5.10 Å². The van der Waals surface area contributed by atoms with Crippen molar-refractivity contribution in [1.29, 1.82) is 0 Å². The van der Waals surface area contributed by atoms with Crippen molar-refractivity contribution in [2.75, 3.05) is 11.5 Å². The molecule has 0 saturated carbocycles. The maximum atomic E-state index is 13.7. The molecule has 24 heavy (non-hydrogen) atoms. The first kappa shape index (κ1) is 17.6. The minimum absolute atomic E-state index is 0.323. The summed E-state index contributed by atoms with van der Waals surface area (Å²) < 4.78 is 13.7. The van der Waals surface area contributed by atoms with Gasteiger partial charge in [-0.15, -0.1) is 16.9 Å². The van der Waals surface area contributed by atoms with Crippen molar-refractivity contribution in [3.63, 3.8) is 0 Å². The third kappa shape index (κ3) is 4.45. The van der Waals surface area contributed by atoms with Crippen molar-refractivity contribution in [1.82, 2.24) is 15.2 Å². The van der Waals surface area contributed by atoms with Crippen molar-refractivity contribution in [3.8, 4) is 11.4 Å². The van der Waals surface area contributed by atoms with E-state index in [4.69, 9.17) is 23.2 Å². The quantitative estimate of drug-likeness (QED) is 0.419. The van der Waals surface area contributed by atoms with Crippen LogP contribution in [0.3, 0.4) is 0 Å². The fraction of sp³-hybridized carbons (Fsp3) is 0.125. The fourth-order valence-corrected chi connectivity index (χ4v) is 4.23. The molecule has 0 atom stereocenters. The minimum atomic E-state index is -0.323. The lowest BCUT2D eigenvalue weighted by molar-refractivity contribution is 0.630. The molecule has 0 amide bonds. The average Bonchev–Trinajstić information content (AvgIpc) is 3.04. The molecule has 0 bridgehead atoms. The molecule has 8 heteroatoms. The van der Waals surface area contributed by atoms with Gasteiger partial charge in [0.05, 0.1) is 10.6 Å². The molecule has 0 aliphatic rings. The van der Waals surface area contributed by atoms with Gasteiger partial charge in [-0.25, -0.2) is 9.37 Å². The molecule has 124 valence electrons. The zero-order valence-corrected chi connectivity index (χ0v) is 15.4. The SMILES string of the molecule is Fc1ccccc1-c1nc(SCCSc2cc(Cl)ccc2Cl)n[nH]1. The molecule has 0 unspecified atom stereocenters. The maximum Gasteiger partial charge on any atom is 0.208 e. The Morgan fingerprint density at radius 1 is 1.04 bits per heavy atom. The van der Waals surface area contributed by atoms with Crippen LogP contribution in [0, 0.1) is 5.82 Å². The number of benzene rings is 2. The lowest BCUT2D eigenvalue weighted by atomic mass is 10.2. The Balaban J connectivity index is 1.55. The highest BCUT2D eigenvalue weighted by molar-refractivity contribution is 8.02. The Labute approximate surface area is 157 Å². The van der Waals surface area contributed by atoms with Crippen LogP contribution in [0.15, 0.2) is 52.5 Å². The van der Waals surface area contributed by atoms with Crippen LogP contribution < -0.4 is 0 Å². The van der Waals surface area contributed by atoms with Crippen molar-refractivity contribution < 1.29 is 4.39 Å². The van der Waals surface area contributed by atoms with Gasteiger partial charge >= 0.3 is 0 Å². The van der Waals surface area contributed by atoms with Gasteiger partial charge in [0.2, 0.25) is 5.16 Å². The summed E-state index contributed by atoms with van der Waals surface area (Å²) in [5.74, 6) is 1.73. The number of nitrogens with one attached hydrogen (secondary N) is 1. The predicted molar refractivity (Wildman–Crippen MR) is 99.7 cm³/mol. The zero-order valence-electron chi connectivity index (χ0n) is 12.3. The van der Waals surface area contributed by atoms with Crippen LogP contribution in [0.1, 0.15) is 0 Å². The number of H-pyrrole nitrogens is 1. The van der Waals surface area contributed by atoms with Gasteiger partial charge < -0.3 is 0 Å². The highest BCUT2D eigenvalue weighted by Gasteiger charge is 2.10. The molecule has 3 nitrogen and oxygen atoms in total. The van der Waals surface area contributed by atoms with E-state index in [1.54, 1.807) is 42.1 Å². The largest absolute Gasteiger partial charge is 0.258 e. The summed E-state index contributed by atoms with van der Waals surface area (Å²) in [6.07, 6.45) is 0. The maximum absolute atomic E-state index is 13.7. The number of thioether (sulfide) groups is 2. The van der Waals surface area contributed by atoms with E-state index in [0.29, 0.717) is 26.6 Å². The lowest BCUT2D eigenvalue weighted by Crippen LogP contribution is -1.87. The van der Waals surface area contributed by atoms with E-state index in [1.165, 1.54) is 17.8 Å². The van der Waals surface area contributed by atoms with Gasteiger partial charge in [-0.05, 0) is 30.3 Å². The highest BCUT2D eigenvalue weighted by atomic mass is 35.5. The molecule has 2 aromatic carbocycles. The monoisotopic (exact) mass is 399 g/mol. The zero-order chi connectivity index (χ0) is 16.9. The standard InChI is InChI=1S/C16H12Cl2FN3S2/c17-10-5-6-12(18)14(9-10)23-7-8-24-16-20-15(21-22-16)11-3-1-2-4-13(11)19/h1-6,9H,7-8H2,(H,20,21,22). The molecule has 1 aromatic heterocycles. The first-order valence-electron chi connectivity index (χ1n) is 7.01. The van der Waals surface area contributed by atoms with E-state index in [-0.39, 0.29) is 5.82 Å². The van der Waals surface area contributed by atoms with E-state index >= 15 is 0 Å². The highest BCUT2D eigenvalue weighted by Crippen LogP contribution is 2.31. The number of aromatic nitrogens is 3. The Hall–Kier alpha value is -1.21. The fourth-order valence-electron chi connectivity index (χ4n) is 1.96. The lowest BCUT2D eigenvalue weighted by Gasteiger charge is -2.03. The summed E-state index contributed by atoms with van der Waals surface area (Å²) in [6.45, 7) is 0. The molecule has 3 rings (SSSR count). The van der Waals surface area contributed by atoms with E-state index in [2.05, 4.69) is 15.2 Å². The van der Waals surface area contributed by atoms with Gasteiger partial charge in [-0.1, -0.05) is 47.1 Å². The second kappa shape index (κ2) is 8.25. The van der Waals surface area contributed by atoms with E-state index in [0.717, 1.165) is 16.4 Å². The van der Waals surface area contributed by atoms with Gasteiger partial charge in [-0.2, -0.15) is 0 Å². The van der Waals surface area contributed by atoms with Gasteiger partial charge in [0, 0.05) is 21.4 Å². The molecule has 0 radical (unpaired) electrons. The average molecular weight is 400 g/mol. The smallest absolute Gasteiger partial charge is 0.208 e. The number of rotatable bonds is 6. The van der Waals surface area contributed by atoms with Crippen molar-refractivity contribution in [2.45, 2.75) is 10.1 Å². The Kier molecular flexibility index (Phi) is 6.05. The second-order valence-corrected chi connectivity index (χ2v) is 7.76. The Morgan fingerprint density at radius 2 is 1.83 bits per heavy atom. The van der Waals surface area contributed by atoms with Crippen LogP contribution in [0.4, 0.5) is 4.39 Å². The van der Waals surface area contributed by atoms with Crippen LogP contribution in [-0.2, 0) is 0 Å². The molecule has 1 N–H and O–H groups in total. The van der Waals surface area contributed by atoms with Crippen LogP contribution in [0.25, 0.3) is 11.4 Å². The van der Waals surface area contributed by atoms with Gasteiger partial charge in [0.1, 0.15) is 5.82 Å². The molecule has 0 aliphatic heterocycles. The van der Waals surface area contributed by atoms with Crippen LogP contribution in [0.2, 0.25) is 10.0 Å². The summed E-state index contributed by atoms with van der Waals surface area (Å²) in [7, 11) is 0. The van der Waals surface area contributed by atoms with Crippen molar-refractivity contribution >= 4 is 46.7 Å². The third-order valence-corrected chi connectivity index (χ3v) is 5.90. The summed E-state index contributed by atoms with van der Waals surface area (Å²) in [6, 6.07) is 11.9. The summed E-state index contributed by atoms with van der Waals surface area (Å²) in [5, 5.41) is 8.83. The van der Waals surface area contributed by atoms with E-state index < -0.39 is 0 Å². The first-order valence-corrected chi connectivity index (χ1v) is 9.74. The van der Waals surface area contributed by atoms with Crippen molar-refractivity contribution in [3.05, 3.63) is 58.3 Å². The number of halogens is 3. The predicted octanol–water partition coefficient (Wildman–Crippen LogP) is 5.80. The number of hydrogen-bond donors (Lipinski definition) is 1. The molecule has 3 aromatic rings. The number of aromatic amines is 1. The topological polar surface area (TPSA) is 41.6 Å². The summed E-state index contributed by atoms with van der Waals surface area (Å²) >= 11 is 15.2. The molecule has 0 spiro atoms. The van der Waals surface area contributed by atoms with Crippen LogP contribution in [-0.4, -0.2) is 26.7 Å². The number of hydrogen-bond acceptors (Lipinski definition) is 4. The number of nitrogens with zero attached hydrogens (tertiary/aromatic N) is 2. The van der Waals surface area contributed by atoms with Crippen LogP contribution >= 0.6 is 46.7 Å². The molecule has 0 fully saturated rings. The molecule has 1 heterocycles. The Morgan fingerprint density at radius 3 is 2.67 bits per heavy atom. The second-order valence-electron chi connectivity index (χ2n) is 4.72. The molecule has 0 aliphatic carbocycles. The summed E-state index contributed by atoms with van der Waals surface area (Å²) in [5.41, 5.74) is 0.414. The van der Waals surface area contributed by atoms with Crippen LogP contribution in [0.5, 0.6) is 0 Å². The normalized spacial score (nSPS) is 11.0. The summed E-state index contributed by atoms with van der Waals surface area (Å²) in [4.78, 5) is 5.27. The van der Waals surface area contributed by atoms with Gasteiger partial charge in [0.15, 0.2) is 5.82 Å². The minimum Gasteiger partial charge on any atom is -0.258 e. The molecular weight excluding hydrogens is 388 g/mol. The first-order chi connectivity index (χ1) is 11.6. The molecular formula is C16H12Cl2FN3S2. The van der Waals surface area contributed by atoms with E-state index in [1.807, 2.05) is 6.07 Å².